The van der Waals surface area contributed by atoms with Crippen molar-refractivity contribution in [2.45, 2.75) is 29.8 Å². The molecule has 1 fully saturated rings. The Morgan fingerprint density at radius 1 is 1.00 bits per heavy atom. The molecule has 2 aliphatic heterocycles. The second-order valence-electron chi connectivity index (χ2n) is 6.74. The molecule has 4 rings (SSSR count). The van der Waals surface area contributed by atoms with E-state index in [0.717, 1.165) is 12.1 Å². The molecule has 2 aromatic rings. The highest BCUT2D eigenvalue weighted by atomic mass is 32.2. The molecule has 0 aromatic heterocycles. The van der Waals surface area contributed by atoms with Crippen molar-refractivity contribution >= 4 is 15.8 Å². The highest BCUT2D eigenvalue weighted by Gasteiger charge is 2.44. The predicted molar refractivity (Wildman–Crippen MR) is 93.1 cm³/mol. The van der Waals surface area contributed by atoms with Gasteiger partial charge in [-0.1, -0.05) is 12.1 Å². The number of benzene rings is 2. The number of hydrogen-bond donors (Lipinski definition) is 0. The number of fused-ring (bicyclic) bond motifs is 1. The van der Waals surface area contributed by atoms with Crippen LogP contribution in [0.25, 0.3) is 0 Å². The Morgan fingerprint density at radius 3 is 2.35 bits per heavy atom. The summed E-state index contributed by atoms with van der Waals surface area (Å²) in [5.74, 6) is 0.120. The van der Waals surface area contributed by atoms with E-state index in [2.05, 4.69) is 0 Å². The zero-order chi connectivity index (χ0) is 18.4. The van der Waals surface area contributed by atoms with E-state index in [9.17, 15) is 17.6 Å². The molecule has 1 spiro atoms. The van der Waals surface area contributed by atoms with Crippen LogP contribution in [0.3, 0.4) is 0 Å². The molecule has 0 radical (unpaired) electrons. The summed E-state index contributed by atoms with van der Waals surface area (Å²) in [5, 5.41) is 0. The molecule has 0 atom stereocenters. The number of carbonyl (C=O) groups is 1. The fraction of sp³-hybridized carbons (Fsp3) is 0.316. The average molecular weight is 375 g/mol. The minimum Gasteiger partial charge on any atom is -0.486 e. The first-order chi connectivity index (χ1) is 12.4. The third kappa shape index (κ3) is 2.91. The maximum Gasteiger partial charge on any atom is 0.243 e. The van der Waals surface area contributed by atoms with Gasteiger partial charge in [-0.2, -0.15) is 4.31 Å². The smallest absolute Gasteiger partial charge is 0.243 e. The Morgan fingerprint density at radius 2 is 1.65 bits per heavy atom. The first-order valence-corrected chi connectivity index (χ1v) is 9.91. The van der Waals surface area contributed by atoms with Crippen LogP contribution in [0, 0.1) is 5.82 Å². The minimum atomic E-state index is -3.68. The SMILES string of the molecule is O=C1CC2(CCN(S(=O)(=O)c3ccc(F)cc3)CC2)Oc2ccccc21. The first kappa shape index (κ1) is 17.2. The lowest BCUT2D eigenvalue weighted by molar-refractivity contribution is 0.00591. The summed E-state index contributed by atoms with van der Waals surface area (Å²) in [5.41, 5.74) is -0.0697. The zero-order valence-electron chi connectivity index (χ0n) is 14.0. The number of piperidine rings is 1. The summed E-state index contributed by atoms with van der Waals surface area (Å²) in [6, 6.07) is 12.0. The summed E-state index contributed by atoms with van der Waals surface area (Å²) >= 11 is 0. The molecule has 0 bridgehead atoms. The van der Waals surface area contributed by atoms with Gasteiger partial charge in [-0.05, 0) is 36.4 Å². The molecular formula is C19H18FNO4S. The minimum absolute atomic E-state index is 0.0293. The maximum absolute atomic E-state index is 13.1. The van der Waals surface area contributed by atoms with E-state index < -0.39 is 21.4 Å². The van der Waals surface area contributed by atoms with Crippen LogP contribution in [-0.2, 0) is 10.0 Å². The van der Waals surface area contributed by atoms with Gasteiger partial charge in [-0.15, -0.1) is 0 Å². The molecule has 0 N–H and O–H groups in total. The van der Waals surface area contributed by atoms with Gasteiger partial charge in [0.2, 0.25) is 10.0 Å². The number of ether oxygens (including phenoxy) is 1. The van der Waals surface area contributed by atoms with Crippen LogP contribution in [0.15, 0.2) is 53.4 Å². The van der Waals surface area contributed by atoms with Crippen molar-refractivity contribution in [1.82, 2.24) is 4.31 Å². The molecule has 2 aromatic carbocycles. The van der Waals surface area contributed by atoms with Gasteiger partial charge in [0.05, 0.1) is 16.9 Å². The lowest BCUT2D eigenvalue weighted by Gasteiger charge is -2.43. The van der Waals surface area contributed by atoms with Gasteiger partial charge in [0.25, 0.3) is 0 Å². The predicted octanol–water partition coefficient (Wildman–Crippen LogP) is 3.01. The van der Waals surface area contributed by atoms with Crippen molar-refractivity contribution in [3.8, 4) is 5.75 Å². The number of carbonyl (C=O) groups excluding carboxylic acids is 1. The molecule has 2 aliphatic rings. The van der Waals surface area contributed by atoms with E-state index in [4.69, 9.17) is 4.74 Å². The van der Waals surface area contributed by atoms with E-state index in [1.807, 2.05) is 6.07 Å². The van der Waals surface area contributed by atoms with Crippen molar-refractivity contribution < 1.29 is 22.3 Å². The van der Waals surface area contributed by atoms with Crippen molar-refractivity contribution in [1.29, 1.82) is 0 Å². The van der Waals surface area contributed by atoms with Crippen LogP contribution in [-0.4, -0.2) is 37.2 Å². The molecule has 0 amide bonds. The van der Waals surface area contributed by atoms with E-state index >= 15 is 0 Å². The molecule has 0 aliphatic carbocycles. The number of para-hydroxylation sites is 1. The van der Waals surface area contributed by atoms with Crippen molar-refractivity contribution in [3.63, 3.8) is 0 Å². The van der Waals surface area contributed by atoms with Crippen LogP contribution < -0.4 is 4.74 Å². The second kappa shape index (κ2) is 6.17. The summed E-state index contributed by atoms with van der Waals surface area (Å²) < 4.78 is 46.0. The van der Waals surface area contributed by atoms with Crippen LogP contribution in [0.1, 0.15) is 29.6 Å². The molecule has 136 valence electrons. The van der Waals surface area contributed by atoms with Crippen LogP contribution >= 0.6 is 0 Å². The molecule has 1 saturated heterocycles. The van der Waals surface area contributed by atoms with E-state index in [1.54, 1.807) is 18.2 Å². The summed E-state index contributed by atoms with van der Waals surface area (Å²) in [6.07, 6.45) is 1.13. The van der Waals surface area contributed by atoms with Crippen LogP contribution in [0.4, 0.5) is 4.39 Å². The van der Waals surface area contributed by atoms with Gasteiger partial charge in [-0.25, -0.2) is 12.8 Å². The Balaban J connectivity index is 1.53. The molecular weight excluding hydrogens is 357 g/mol. The van der Waals surface area contributed by atoms with Gasteiger partial charge < -0.3 is 4.74 Å². The standard InChI is InChI=1S/C19H18FNO4S/c20-14-5-7-15(8-6-14)26(23,24)21-11-9-19(10-12-21)13-17(22)16-3-1-2-4-18(16)25-19/h1-8H,9-13H2. The number of rotatable bonds is 2. The van der Waals surface area contributed by atoms with Gasteiger partial charge in [0.1, 0.15) is 17.2 Å². The van der Waals surface area contributed by atoms with Gasteiger partial charge in [0.15, 0.2) is 5.78 Å². The third-order valence-corrected chi connectivity index (χ3v) is 6.99. The molecule has 26 heavy (non-hydrogen) atoms. The van der Waals surface area contributed by atoms with Crippen LogP contribution in [0.2, 0.25) is 0 Å². The summed E-state index contributed by atoms with van der Waals surface area (Å²) in [7, 11) is -3.68. The van der Waals surface area contributed by atoms with Crippen molar-refractivity contribution in [2.75, 3.05) is 13.1 Å². The normalized spacial score (nSPS) is 19.8. The summed E-state index contributed by atoms with van der Waals surface area (Å²) in [6.45, 7) is 0.518. The molecule has 2 heterocycles. The number of nitrogens with zero attached hydrogens (tertiary/aromatic N) is 1. The van der Waals surface area contributed by atoms with Crippen molar-refractivity contribution in [2.24, 2.45) is 0 Å². The second-order valence-corrected chi connectivity index (χ2v) is 8.68. The number of sulfonamides is 1. The third-order valence-electron chi connectivity index (χ3n) is 5.08. The number of Topliss-reactive ketones (excluding diaryl/α,β-unsaturated/α-hetero) is 1. The van der Waals surface area contributed by atoms with E-state index in [1.165, 1.54) is 16.4 Å². The average Bonchev–Trinajstić information content (AvgIpc) is 2.62. The van der Waals surface area contributed by atoms with Gasteiger partial charge in [-0.3, -0.25) is 4.79 Å². The molecule has 5 nitrogen and oxygen atoms in total. The maximum atomic E-state index is 13.1. The lowest BCUT2D eigenvalue weighted by atomic mass is 9.83. The number of halogens is 1. The summed E-state index contributed by atoms with van der Waals surface area (Å²) in [4.78, 5) is 12.5. The Kier molecular flexibility index (Phi) is 4.08. The fourth-order valence-electron chi connectivity index (χ4n) is 3.61. The quantitative estimate of drug-likeness (QED) is 0.809. The van der Waals surface area contributed by atoms with E-state index in [-0.39, 0.29) is 30.2 Å². The molecule has 0 unspecified atom stereocenters. The van der Waals surface area contributed by atoms with E-state index in [0.29, 0.717) is 24.2 Å². The fourth-order valence-corrected chi connectivity index (χ4v) is 5.05. The number of hydrogen-bond acceptors (Lipinski definition) is 4. The monoisotopic (exact) mass is 375 g/mol. The van der Waals surface area contributed by atoms with Gasteiger partial charge >= 0.3 is 0 Å². The lowest BCUT2D eigenvalue weighted by Crippen LogP contribution is -2.52. The zero-order valence-corrected chi connectivity index (χ0v) is 14.8. The highest BCUT2D eigenvalue weighted by molar-refractivity contribution is 7.89. The first-order valence-electron chi connectivity index (χ1n) is 8.47. The molecule has 7 heteroatoms. The molecule has 0 saturated carbocycles. The highest BCUT2D eigenvalue weighted by Crippen LogP contribution is 2.40. The topological polar surface area (TPSA) is 63.7 Å². The van der Waals surface area contributed by atoms with Crippen LogP contribution in [0.5, 0.6) is 5.75 Å². The Hall–Kier alpha value is -2.25. The Bertz CT molecular complexity index is 948. The van der Waals surface area contributed by atoms with Crippen molar-refractivity contribution in [3.05, 3.63) is 59.9 Å². The largest absolute Gasteiger partial charge is 0.486 e. The number of ketones is 1. The Labute approximate surface area is 151 Å². The van der Waals surface area contributed by atoms with Gasteiger partial charge in [0, 0.05) is 25.9 Å².